The van der Waals surface area contributed by atoms with E-state index in [0.29, 0.717) is 5.92 Å². The standard InChI is InChI=1S/C11H13Cl2N/c12-10-4-9(5-11(13)6-10)8-2-1-3-14-7-8/h4-6,8,14H,1-3,7H2. The van der Waals surface area contributed by atoms with Gasteiger partial charge in [0.05, 0.1) is 0 Å². The summed E-state index contributed by atoms with van der Waals surface area (Å²) in [4.78, 5) is 0. The van der Waals surface area contributed by atoms with Gasteiger partial charge in [0.25, 0.3) is 0 Å². The second-order valence-corrected chi connectivity index (χ2v) is 4.62. The van der Waals surface area contributed by atoms with Gasteiger partial charge in [0.2, 0.25) is 0 Å². The van der Waals surface area contributed by atoms with E-state index in [4.69, 9.17) is 23.2 Å². The highest BCUT2D eigenvalue weighted by atomic mass is 35.5. The smallest absolute Gasteiger partial charge is 0.0423 e. The molecule has 1 N–H and O–H groups in total. The van der Waals surface area contributed by atoms with Crippen LogP contribution in [0, 0.1) is 0 Å². The molecular formula is C11H13Cl2N. The van der Waals surface area contributed by atoms with Crippen molar-refractivity contribution in [3.63, 3.8) is 0 Å². The molecule has 1 nitrogen and oxygen atoms in total. The monoisotopic (exact) mass is 229 g/mol. The Hall–Kier alpha value is -0.240. The molecule has 1 saturated heterocycles. The van der Waals surface area contributed by atoms with E-state index >= 15 is 0 Å². The summed E-state index contributed by atoms with van der Waals surface area (Å²) < 4.78 is 0. The highest BCUT2D eigenvalue weighted by Crippen LogP contribution is 2.28. The van der Waals surface area contributed by atoms with Gasteiger partial charge in [0, 0.05) is 16.6 Å². The van der Waals surface area contributed by atoms with E-state index in [1.165, 1.54) is 18.4 Å². The number of hydrogen-bond acceptors (Lipinski definition) is 1. The number of rotatable bonds is 1. The van der Waals surface area contributed by atoms with E-state index in [1.807, 2.05) is 12.1 Å². The molecule has 0 aliphatic carbocycles. The first-order valence-corrected chi connectivity index (χ1v) is 5.68. The minimum atomic E-state index is 0.569. The third kappa shape index (κ3) is 2.41. The van der Waals surface area contributed by atoms with Crippen LogP contribution in [0.4, 0.5) is 0 Å². The van der Waals surface area contributed by atoms with Crippen LogP contribution in [0.2, 0.25) is 10.0 Å². The van der Waals surface area contributed by atoms with Crippen molar-refractivity contribution in [2.24, 2.45) is 0 Å². The van der Waals surface area contributed by atoms with Crippen LogP contribution in [0.25, 0.3) is 0 Å². The van der Waals surface area contributed by atoms with Crippen molar-refractivity contribution in [2.45, 2.75) is 18.8 Å². The molecule has 0 radical (unpaired) electrons. The zero-order valence-electron chi connectivity index (χ0n) is 7.89. The summed E-state index contributed by atoms with van der Waals surface area (Å²) in [5.74, 6) is 0.569. The van der Waals surface area contributed by atoms with Crippen LogP contribution < -0.4 is 5.32 Å². The maximum absolute atomic E-state index is 5.96. The van der Waals surface area contributed by atoms with Crippen molar-refractivity contribution >= 4 is 23.2 Å². The molecule has 0 amide bonds. The molecule has 3 heteroatoms. The maximum Gasteiger partial charge on any atom is 0.0423 e. The number of benzene rings is 1. The Labute approximate surface area is 94.4 Å². The fourth-order valence-corrected chi connectivity index (χ4v) is 2.49. The first-order valence-electron chi connectivity index (χ1n) is 4.92. The number of nitrogens with one attached hydrogen (secondary N) is 1. The fourth-order valence-electron chi connectivity index (χ4n) is 1.95. The van der Waals surface area contributed by atoms with E-state index in [9.17, 15) is 0 Å². The molecule has 2 rings (SSSR count). The number of piperidine rings is 1. The van der Waals surface area contributed by atoms with Gasteiger partial charge in [-0.3, -0.25) is 0 Å². The predicted molar refractivity (Wildman–Crippen MR) is 61.3 cm³/mol. The molecule has 1 aliphatic rings. The second kappa shape index (κ2) is 4.52. The van der Waals surface area contributed by atoms with Gasteiger partial charge in [0.15, 0.2) is 0 Å². The number of hydrogen-bond donors (Lipinski definition) is 1. The van der Waals surface area contributed by atoms with Crippen molar-refractivity contribution < 1.29 is 0 Å². The third-order valence-electron chi connectivity index (χ3n) is 2.65. The molecule has 0 bridgehead atoms. The summed E-state index contributed by atoms with van der Waals surface area (Å²) in [6, 6.07) is 5.82. The predicted octanol–water partition coefficient (Wildman–Crippen LogP) is 3.46. The molecule has 1 fully saturated rings. The van der Waals surface area contributed by atoms with Gasteiger partial charge in [-0.15, -0.1) is 0 Å². The highest BCUT2D eigenvalue weighted by Gasteiger charge is 2.15. The van der Waals surface area contributed by atoms with E-state index < -0.39 is 0 Å². The Morgan fingerprint density at radius 2 is 1.86 bits per heavy atom. The van der Waals surface area contributed by atoms with Crippen LogP contribution in [0.1, 0.15) is 24.3 Å². The van der Waals surface area contributed by atoms with E-state index in [0.717, 1.165) is 23.1 Å². The second-order valence-electron chi connectivity index (χ2n) is 3.75. The van der Waals surface area contributed by atoms with Crippen molar-refractivity contribution in [1.82, 2.24) is 5.32 Å². The minimum absolute atomic E-state index is 0.569. The molecule has 1 aliphatic heterocycles. The largest absolute Gasteiger partial charge is 0.316 e. The molecule has 1 aromatic carbocycles. The first kappa shape index (κ1) is 10.3. The molecule has 1 unspecified atom stereocenters. The SMILES string of the molecule is Clc1cc(Cl)cc(C2CCCNC2)c1. The van der Waals surface area contributed by atoms with Crippen LogP contribution in [0.3, 0.4) is 0 Å². The highest BCUT2D eigenvalue weighted by molar-refractivity contribution is 6.34. The molecule has 1 aromatic rings. The first-order chi connectivity index (χ1) is 6.75. The van der Waals surface area contributed by atoms with E-state index in [2.05, 4.69) is 5.32 Å². The molecule has 14 heavy (non-hydrogen) atoms. The van der Waals surface area contributed by atoms with Crippen molar-refractivity contribution in [3.05, 3.63) is 33.8 Å². The Balaban J connectivity index is 2.21. The van der Waals surface area contributed by atoms with Crippen LogP contribution in [-0.4, -0.2) is 13.1 Å². The van der Waals surface area contributed by atoms with Crippen LogP contribution in [-0.2, 0) is 0 Å². The van der Waals surface area contributed by atoms with Crippen LogP contribution in [0.5, 0.6) is 0 Å². The lowest BCUT2D eigenvalue weighted by Gasteiger charge is -2.23. The topological polar surface area (TPSA) is 12.0 Å². The van der Waals surface area contributed by atoms with Gasteiger partial charge in [-0.25, -0.2) is 0 Å². The zero-order valence-corrected chi connectivity index (χ0v) is 9.41. The molecule has 0 spiro atoms. The molecule has 76 valence electrons. The van der Waals surface area contributed by atoms with Crippen LogP contribution >= 0.6 is 23.2 Å². The summed E-state index contributed by atoms with van der Waals surface area (Å²) in [7, 11) is 0. The lowest BCUT2D eigenvalue weighted by atomic mass is 9.92. The Morgan fingerprint density at radius 3 is 2.43 bits per heavy atom. The van der Waals surface area contributed by atoms with Crippen LogP contribution in [0.15, 0.2) is 18.2 Å². The quantitative estimate of drug-likeness (QED) is 0.778. The van der Waals surface area contributed by atoms with Crippen molar-refractivity contribution in [3.8, 4) is 0 Å². The summed E-state index contributed by atoms with van der Waals surface area (Å²) in [5, 5.41) is 4.85. The molecule has 1 atom stereocenters. The van der Waals surface area contributed by atoms with Crippen molar-refractivity contribution in [2.75, 3.05) is 13.1 Å². The molecule has 0 saturated carbocycles. The van der Waals surface area contributed by atoms with Gasteiger partial charge < -0.3 is 5.32 Å². The molecule has 0 aromatic heterocycles. The van der Waals surface area contributed by atoms with E-state index in [-0.39, 0.29) is 0 Å². The van der Waals surface area contributed by atoms with Crippen molar-refractivity contribution in [1.29, 1.82) is 0 Å². The Bertz CT molecular complexity index is 299. The fraction of sp³-hybridized carbons (Fsp3) is 0.455. The van der Waals surface area contributed by atoms with Gasteiger partial charge in [0.1, 0.15) is 0 Å². The van der Waals surface area contributed by atoms with Gasteiger partial charge in [-0.05, 0) is 49.1 Å². The van der Waals surface area contributed by atoms with Gasteiger partial charge in [-0.2, -0.15) is 0 Å². The third-order valence-corrected chi connectivity index (χ3v) is 3.09. The zero-order chi connectivity index (χ0) is 9.97. The maximum atomic E-state index is 5.96. The average molecular weight is 230 g/mol. The van der Waals surface area contributed by atoms with Gasteiger partial charge in [-0.1, -0.05) is 23.2 Å². The molecular weight excluding hydrogens is 217 g/mol. The lowest BCUT2D eigenvalue weighted by Crippen LogP contribution is -2.28. The number of halogens is 2. The van der Waals surface area contributed by atoms with E-state index in [1.54, 1.807) is 6.07 Å². The minimum Gasteiger partial charge on any atom is -0.316 e. The summed E-state index contributed by atoms with van der Waals surface area (Å²) in [6.07, 6.45) is 2.46. The Morgan fingerprint density at radius 1 is 1.14 bits per heavy atom. The normalized spacial score (nSPS) is 22.3. The summed E-state index contributed by atoms with van der Waals surface area (Å²) in [6.45, 7) is 2.17. The Kier molecular flexibility index (Phi) is 3.32. The molecule has 1 heterocycles. The lowest BCUT2D eigenvalue weighted by molar-refractivity contribution is 0.461. The average Bonchev–Trinajstić information content (AvgIpc) is 2.18. The van der Waals surface area contributed by atoms with Gasteiger partial charge >= 0.3 is 0 Å². The summed E-state index contributed by atoms with van der Waals surface area (Å²) >= 11 is 11.9. The summed E-state index contributed by atoms with van der Waals surface area (Å²) in [5.41, 5.74) is 1.26.